The molecule has 0 aromatic carbocycles. The van der Waals surface area contributed by atoms with Gasteiger partial charge >= 0.3 is 0 Å². The van der Waals surface area contributed by atoms with Gasteiger partial charge in [0, 0.05) is 12.7 Å². The van der Waals surface area contributed by atoms with Crippen molar-refractivity contribution in [2.45, 2.75) is 33.3 Å². The fourth-order valence-electron chi connectivity index (χ4n) is 1.64. The number of aliphatic hydroxyl groups excluding tert-OH is 1. The summed E-state index contributed by atoms with van der Waals surface area (Å²) in [6, 6.07) is 0. The van der Waals surface area contributed by atoms with Crippen molar-refractivity contribution in [3.8, 4) is 0 Å². The lowest BCUT2D eigenvalue weighted by atomic mass is 9.89. The Morgan fingerprint density at radius 3 is 2.65 bits per heavy atom. The maximum Gasteiger partial charge on any atom is 0.0750 e. The molecule has 1 heterocycles. The van der Waals surface area contributed by atoms with E-state index in [-0.39, 0.29) is 5.41 Å². The van der Waals surface area contributed by atoms with Gasteiger partial charge in [0.15, 0.2) is 0 Å². The number of anilines is 2. The number of rotatable bonds is 4. The Morgan fingerprint density at radius 1 is 1.47 bits per heavy atom. The van der Waals surface area contributed by atoms with E-state index in [0.717, 1.165) is 16.6 Å². The summed E-state index contributed by atoms with van der Waals surface area (Å²) in [6.45, 7) is 6.79. The van der Waals surface area contributed by atoms with Crippen molar-refractivity contribution in [3.05, 3.63) is 16.9 Å². The molecule has 1 aromatic heterocycles. The third kappa shape index (κ3) is 4.91. The lowest BCUT2D eigenvalue weighted by molar-refractivity contribution is 0.132. The van der Waals surface area contributed by atoms with Crippen LogP contribution in [0.15, 0.2) is 16.9 Å². The lowest BCUT2D eigenvalue weighted by Crippen LogP contribution is -2.25. The third-order valence-electron chi connectivity index (χ3n) is 2.29. The summed E-state index contributed by atoms with van der Waals surface area (Å²) in [4.78, 5) is 3.96. The second-order valence-corrected chi connectivity index (χ2v) is 6.24. The standard InChI is InChI=1S/C12H20BrN3O/c1-12(2,3)4-8(17)5-16-11-9(13)6-15-7-10(11)14/h6-8,17H,4-5,14H2,1-3H3,(H,15,16). The van der Waals surface area contributed by atoms with Gasteiger partial charge in [0.25, 0.3) is 0 Å². The zero-order valence-electron chi connectivity index (χ0n) is 10.5. The molecule has 1 aromatic rings. The smallest absolute Gasteiger partial charge is 0.0750 e. The van der Waals surface area contributed by atoms with E-state index < -0.39 is 6.10 Å². The molecule has 0 radical (unpaired) electrons. The highest BCUT2D eigenvalue weighted by Gasteiger charge is 2.17. The largest absolute Gasteiger partial charge is 0.396 e. The molecule has 0 spiro atoms. The van der Waals surface area contributed by atoms with Crippen LogP contribution >= 0.6 is 15.9 Å². The van der Waals surface area contributed by atoms with Crippen LogP contribution in [0.4, 0.5) is 11.4 Å². The van der Waals surface area contributed by atoms with Crippen LogP contribution in [-0.4, -0.2) is 22.7 Å². The van der Waals surface area contributed by atoms with Crippen LogP contribution < -0.4 is 11.1 Å². The van der Waals surface area contributed by atoms with Gasteiger partial charge in [-0.1, -0.05) is 20.8 Å². The number of hydrogen-bond donors (Lipinski definition) is 3. The molecular formula is C12H20BrN3O. The molecule has 0 saturated heterocycles. The Morgan fingerprint density at radius 2 is 2.12 bits per heavy atom. The number of pyridine rings is 1. The van der Waals surface area contributed by atoms with Crippen molar-refractivity contribution in [1.29, 1.82) is 0 Å². The van der Waals surface area contributed by atoms with E-state index in [1.807, 2.05) is 0 Å². The van der Waals surface area contributed by atoms with E-state index in [4.69, 9.17) is 5.73 Å². The molecule has 0 aliphatic carbocycles. The van der Waals surface area contributed by atoms with Gasteiger partial charge in [0.05, 0.1) is 28.1 Å². The van der Waals surface area contributed by atoms with Crippen molar-refractivity contribution < 1.29 is 5.11 Å². The third-order valence-corrected chi connectivity index (χ3v) is 2.89. The maximum absolute atomic E-state index is 9.89. The number of hydrogen-bond acceptors (Lipinski definition) is 4. The first-order valence-electron chi connectivity index (χ1n) is 5.60. The minimum atomic E-state index is -0.394. The second kappa shape index (κ2) is 5.69. The highest BCUT2D eigenvalue weighted by molar-refractivity contribution is 9.10. The highest BCUT2D eigenvalue weighted by Crippen LogP contribution is 2.27. The van der Waals surface area contributed by atoms with Crippen LogP contribution in [0, 0.1) is 5.41 Å². The molecule has 4 N–H and O–H groups in total. The van der Waals surface area contributed by atoms with Gasteiger partial charge in [-0.2, -0.15) is 0 Å². The summed E-state index contributed by atoms with van der Waals surface area (Å²) in [7, 11) is 0. The molecule has 0 aliphatic heterocycles. The van der Waals surface area contributed by atoms with Gasteiger partial charge < -0.3 is 16.2 Å². The van der Waals surface area contributed by atoms with E-state index in [0.29, 0.717) is 12.2 Å². The van der Waals surface area contributed by atoms with Gasteiger partial charge in [-0.3, -0.25) is 4.98 Å². The molecule has 0 amide bonds. The van der Waals surface area contributed by atoms with Crippen molar-refractivity contribution in [2.24, 2.45) is 5.41 Å². The number of aliphatic hydroxyl groups is 1. The fourth-order valence-corrected chi connectivity index (χ4v) is 2.12. The molecule has 1 atom stereocenters. The number of nitrogen functional groups attached to an aromatic ring is 1. The van der Waals surface area contributed by atoms with Crippen molar-refractivity contribution in [1.82, 2.24) is 4.98 Å². The first-order valence-corrected chi connectivity index (χ1v) is 6.40. The second-order valence-electron chi connectivity index (χ2n) is 5.39. The molecule has 0 fully saturated rings. The number of aromatic nitrogens is 1. The predicted molar refractivity (Wildman–Crippen MR) is 74.9 cm³/mol. The Bertz CT molecular complexity index is 356. The lowest BCUT2D eigenvalue weighted by Gasteiger charge is -2.23. The Balaban J connectivity index is 2.56. The summed E-state index contributed by atoms with van der Waals surface area (Å²) >= 11 is 3.37. The molecule has 4 nitrogen and oxygen atoms in total. The topological polar surface area (TPSA) is 71.2 Å². The van der Waals surface area contributed by atoms with E-state index in [1.165, 1.54) is 0 Å². The zero-order chi connectivity index (χ0) is 13.1. The van der Waals surface area contributed by atoms with Crippen LogP contribution in [-0.2, 0) is 0 Å². The average molecular weight is 302 g/mol. The van der Waals surface area contributed by atoms with Crippen LogP contribution in [0.3, 0.4) is 0 Å². The number of nitrogens with zero attached hydrogens (tertiary/aromatic N) is 1. The Hall–Kier alpha value is -0.810. The number of nitrogens with two attached hydrogens (primary N) is 1. The average Bonchev–Trinajstić information content (AvgIpc) is 2.14. The van der Waals surface area contributed by atoms with Crippen molar-refractivity contribution in [2.75, 3.05) is 17.6 Å². The van der Waals surface area contributed by atoms with Crippen molar-refractivity contribution in [3.63, 3.8) is 0 Å². The summed E-state index contributed by atoms with van der Waals surface area (Å²) in [6.07, 6.45) is 3.61. The van der Waals surface area contributed by atoms with Gasteiger partial charge in [-0.25, -0.2) is 0 Å². The Labute approximate surface area is 111 Å². The fraction of sp³-hybridized carbons (Fsp3) is 0.583. The highest BCUT2D eigenvalue weighted by atomic mass is 79.9. The first kappa shape index (κ1) is 14.3. The molecule has 5 heteroatoms. The van der Waals surface area contributed by atoms with Gasteiger partial charge in [-0.05, 0) is 27.8 Å². The van der Waals surface area contributed by atoms with E-state index in [2.05, 4.69) is 47.0 Å². The number of halogens is 1. The van der Waals surface area contributed by atoms with Crippen LogP contribution in [0.5, 0.6) is 0 Å². The predicted octanol–water partition coefficient (Wildman–Crippen LogP) is 2.64. The molecule has 96 valence electrons. The van der Waals surface area contributed by atoms with Crippen LogP contribution in [0.2, 0.25) is 0 Å². The van der Waals surface area contributed by atoms with E-state index in [9.17, 15) is 5.11 Å². The van der Waals surface area contributed by atoms with Gasteiger partial charge in [-0.15, -0.1) is 0 Å². The minimum Gasteiger partial charge on any atom is -0.396 e. The van der Waals surface area contributed by atoms with Gasteiger partial charge in [0.2, 0.25) is 0 Å². The molecule has 1 rings (SSSR count). The molecule has 1 unspecified atom stereocenters. The SMILES string of the molecule is CC(C)(C)CC(O)CNc1c(N)cncc1Br. The molecule has 0 saturated carbocycles. The molecule has 17 heavy (non-hydrogen) atoms. The summed E-state index contributed by atoms with van der Waals surface area (Å²) < 4.78 is 0.806. The first-order chi connectivity index (χ1) is 7.79. The van der Waals surface area contributed by atoms with Crippen LogP contribution in [0.1, 0.15) is 27.2 Å². The monoisotopic (exact) mass is 301 g/mol. The quantitative estimate of drug-likeness (QED) is 0.799. The summed E-state index contributed by atoms with van der Waals surface area (Å²) in [5.74, 6) is 0. The maximum atomic E-state index is 9.89. The minimum absolute atomic E-state index is 0.113. The summed E-state index contributed by atoms with van der Waals surface area (Å²) in [5, 5.41) is 13.0. The normalized spacial score (nSPS) is 13.5. The van der Waals surface area contributed by atoms with Crippen LogP contribution in [0.25, 0.3) is 0 Å². The van der Waals surface area contributed by atoms with Gasteiger partial charge in [0.1, 0.15) is 0 Å². The molecule has 0 bridgehead atoms. The Kier molecular flexibility index (Phi) is 4.77. The zero-order valence-corrected chi connectivity index (χ0v) is 12.1. The van der Waals surface area contributed by atoms with E-state index >= 15 is 0 Å². The summed E-state index contributed by atoms with van der Waals surface area (Å²) in [5.41, 5.74) is 7.27. The molecular weight excluding hydrogens is 282 g/mol. The molecule has 0 aliphatic rings. The van der Waals surface area contributed by atoms with E-state index in [1.54, 1.807) is 12.4 Å². The number of nitrogens with one attached hydrogen (secondary N) is 1. The van der Waals surface area contributed by atoms with Crippen molar-refractivity contribution >= 4 is 27.3 Å².